The van der Waals surface area contributed by atoms with Gasteiger partial charge >= 0.3 is 18.4 Å². The van der Waals surface area contributed by atoms with Gasteiger partial charge in [0.2, 0.25) is 0 Å². The van der Waals surface area contributed by atoms with Gasteiger partial charge in [-0.3, -0.25) is 9.97 Å². The van der Waals surface area contributed by atoms with Crippen LogP contribution in [0, 0.1) is 0 Å². The Balaban J connectivity index is 1.91. The largest absolute Gasteiger partial charge is 0.416 e. The first-order valence-electron chi connectivity index (χ1n) is 9.17. The minimum absolute atomic E-state index is 0.00476. The fourth-order valence-corrected chi connectivity index (χ4v) is 2.80. The zero-order valence-corrected chi connectivity index (χ0v) is 16.3. The third-order valence-electron chi connectivity index (χ3n) is 4.28. The third kappa shape index (κ3) is 6.19. The van der Waals surface area contributed by atoms with Gasteiger partial charge in [-0.1, -0.05) is 12.1 Å². The highest BCUT2D eigenvalue weighted by Crippen LogP contribution is 2.37. The van der Waals surface area contributed by atoms with E-state index in [0.717, 1.165) is 0 Å². The summed E-state index contributed by atoms with van der Waals surface area (Å²) in [7, 11) is 0. The second-order valence-corrected chi connectivity index (χ2v) is 6.72. The van der Waals surface area contributed by atoms with Crippen LogP contribution in [0.25, 0.3) is 0 Å². The average Bonchev–Trinajstić information content (AvgIpc) is 2.73. The van der Waals surface area contributed by atoms with Crippen molar-refractivity contribution in [2.24, 2.45) is 0 Å². The Bertz CT molecular complexity index is 982. The molecular weight excluding hydrogens is 438 g/mol. The Labute approximate surface area is 178 Å². The monoisotopic (exact) mass is 454 g/mol. The molecule has 0 radical (unpaired) electrons. The van der Waals surface area contributed by atoms with Crippen molar-refractivity contribution in [3.8, 4) is 0 Å². The first kappa shape index (κ1) is 23.0. The summed E-state index contributed by atoms with van der Waals surface area (Å²) in [6.07, 6.45) is -7.06. The minimum Gasteiger partial charge on any atom is -0.313 e. The van der Waals surface area contributed by atoms with Crippen molar-refractivity contribution < 1.29 is 31.1 Å². The summed E-state index contributed by atoms with van der Waals surface area (Å²) in [6.45, 7) is -0.0946. The fraction of sp³-hybridized carbons (Fsp3) is 0.190. The van der Waals surface area contributed by atoms with Crippen LogP contribution in [0.1, 0.15) is 22.5 Å². The predicted molar refractivity (Wildman–Crippen MR) is 103 cm³/mol. The molecule has 3 rings (SSSR count). The molecule has 0 spiro atoms. The number of pyridine rings is 2. The summed E-state index contributed by atoms with van der Waals surface area (Å²) in [5, 5.41) is 2.14. The van der Waals surface area contributed by atoms with Crippen LogP contribution in [0.3, 0.4) is 0 Å². The number of nitrogens with one attached hydrogen (secondary N) is 1. The number of aromatic nitrogens is 2. The van der Waals surface area contributed by atoms with Gasteiger partial charge in [-0.25, -0.2) is 4.79 Å². The Morgan fingerprint density at radius 3 is 1.62 bits per heavy atom. The number of urea groups is 1. The van der Waals surface area contributed by atoms with E-state index in [9.17, 15) is 31.1 Å². The number of carbonyl (C=O) groups is 1. The van der Waals surface area contributed by atoms with Crippen LogP contribution in [0.4, 0.5) is 36.8 Å². The Morgan fingerprint density at radius 2 is 1.25 bits per heavy atom. The van der Waals surface area contributed by atoms with Gasteiger partial charge in [0, 0.05) is 18.1 Å². The molecule has 1 N–H and O–H groups in total. The number of anilines is 1. The van der Waals surface area contributed by atoms with Crippen molar-refractivity contribution in [2.75, 3.05) is 5.32 Å². The fourth-order valence-electron chi connectivity index (χ4n) is 2.80. The van der Waals surface area contributed by atoms with E-state index in [4.69, 9.17) is 0 Å². The molecule has 1 aromatic carbocycles. The molecule has 168 valence electrons. The van der Waals surface area contributed by atoms with Gasteiger partial charge in [0.1, 0.15) is 0 Å². The highest BCUT2D eigenvalue weighted by Gasteiger charge is 2.37. The molecule has 0 aliphatic heterocycles. The maximum absolute atomic E-state index is 13.1. The van der Waals surface area contributed by atoms with Crippen molar-refractivity contribution >= 4 is 11.7 Å². The van der Waals surface area contributed by atoms with Crippen LogP contribution >= 0.6 is 0 Å². The number of amides is 2. The molecule has 0 aliphatic rings. The van der Waals surface area contributed by atoms with Crippen molar-refractivity contribution in [3.05, 3.63) is 89.5 Å². The van der Waals surface area contributed by atoms with Crippen LogP contribution in [0.5, 0.6) is 0 Å². The highest BCUT2D eigenvalue weighted by molar-refractivity contribution is 5.89. The maximum Gasteiger partial charge on any atom is 0.416 e. The Hall–Kier alpha value is -3.63. The first-order chi connectivity index (χ1) is 15.0. The maximum atomic E-state index is 13.1. The second kappa shape index (κ2) is 9.25. The topological polar surface area (TPSA) is 58.1 Å². The molecule has 2 amide bonds. The molecule has 0 saturated carbocycles. The molecule has 0 aliphatic carbocycles. The zero-order valence-electron chi connectivity index (χ0n) is 16.3. The van der Waals surface area contributed by atoms with Crippen molar-refractivity contribution in [3.63, 3.8) is 0 Å². The second-order valence-electron chi connectivity index (χ2n) is 6.72. The van der Waals surface area contributed by atoms with Crippen LogP contribution in [-0.4, -0.2) is 20.9 Å². The van der Waals surface area contributed by atoms with Crippen LogP contribution in [0.15, 0.2) is 67.0 Å². The molecule has 0 unspecified atom stereocenters. The Kier molecular flexibility index (Phi) is 6.66. The molecule has 2 heterocycles. The van der Waals surface area contributed by atoms with Crippen LogP contribution in [0.2, 0.25) is 0 Å². The number of benzene rings is 1. The summed E-state index contributed by atoms with van der Waals surface area (Å²) >= 11 is 0. The third-order valence-corrected chi connectivity index (χ3v) is 4.28. The predicted octanol–water partition coefficient (Wildman–Crippen LogP) is 5.75. The van der Waals surface area contributed by atoms with Gasteiger partial charge in [0.25, 0.3) is 0 Å². The first-order valence-corrected chi connectivity index (χ1v) is 9.17. The standard InChI is InChI=1S/C21H16F6N4O/c22-20(23,24)14-9-15(21(25,26)27)11-18(10-14)30-19(32)31(12-16-5-1-3-7-28-16)13-17-6-2-4-8-29-17/h1-11H,12-13H2,(H,30,32). The molecule has 11 heteroatoms. The van der Waals surface area contributed by atoms with E-state index in [1.165, 1.54) is 17.3 Å². The van der Waals surface area contributed by atoms with Crippen molar-refractivity contribution in [1.29, 1.82) is 0 Å². The number of alkyl halides is 6. The summed E-state index contributed by atoms with van der Waals surface area (Å²) in [4.78, 5) is 22.2. The summed E-state index contributed by atoms with van der Waals surface area (Å²) in [5.41, 5.74) is -2.74. The van der Waals surface area contributed by atoms with Gasteiger partial charge in [-0.15, -0.1) is 0 Å². The molecule has 0 saturated heterocycles. The number of hydrogen-bond donors (Lipinski definition) is 1. The van der Waals surface area contributed by atoms with E-state index in [2.05, 4.69) is 15.3 Å². The lowest BCUT2D eigenvalue weighted by molar-refractivity contribution is -0.143. The van der Waals surface area contributed by atoms with Gasteiger partial charge < -0.3 is 10.2 Å². The van der Waals surface area contributed by atoms with E-state index < -0.39 is 35.2 Å². The summed E-state index contributed by atoms with van der Waals surface area (Å²) in [6, 6.07) is 9.93. The van der Waals surface area contributed by atoms with Crippen molar-refractivity contribution in [2.45, 2.75) is 25.4 Å². The molecule has 5 nitrogen and oxygen atoms in total. The quantitative estimate of drug-likeness (QED) is 0.500. The van der Waals surface area contributed by atoms with E-state index in [0.29, 0.717) is 23.5 Å². The van der Waals surface area contributed by atoms with Gasteiger partial charge in [-0.05, 0) is 42.5 Å². The minimum atomic E-state index is -5.03. The summed E-state index contributed by atoms with van der Waals surface area (Å²) < 4.78 is 78.6. The number of nitrogens with zero attached hydrogens (tertiary/aromatic N) is 3. The lowest BCUT2D eigenvalue weighted by Gasteiger charge is -2.23. The SMILES string of the molecule is O=C(Nc1cc(C(F)(F)F)cc(C(F)(F)F)c1)N(Cc1ccccn1)Cc1ccccn1. The number of carbonyl (C=O) groups excluding carboxylic acids is 1. The average molecular weight is 454 g/mol. The smallest absolute Gasteiger partial charge is 0.313 e. The zero-order chi connectivity index (χ0) is 23.4. The normalized spacial score (nSPS) is 11.8. The summed E-state index contributed by atoms with van der Waals surface area (Å²) in [5.74, 6) is 0. The molecular formula is C21H16F6N4O. The Morgan fingerprint density at radius 1 is 0.781 bits per heavy atom. The van der Waals surface area contributed by atoms with Gasteiger partial charge in [0.15, 0.2) is 0 Å². The highest BCUT2D eigenvalue weighted by atomic mass is 19.4. The molecule has 3 aromatic rings. The van der Waals surface area contributed by atoms with E-state index >= 15 is 0 Å². The van der Waals surface area contributed by atoms with Crippen LogP contribution < -0.4 is 5.32 Å². The molecule has 0 fully saturated rings. The number of hydrogen-bond acceptors (Lipinski definition) is 3. The number of halogens is 6. The molecule has 2 aromatic heterocycles. The van der Waals surface area contributed by atoms with Crippen LogP contribution in [-0.2, 0) is 25.4 Å². The molecule has 32 heavy (non-hydrogen) atoms. The van der Waals surface area contributed by atoms with E-state index in [-0.39, 0.29) is 19.2 Å². The van der Waals surface area contributed by atoms with E-state index in [1.54, 1.807) is 36.4 Å². The lowest BCUT2D eigenvalue weighted by atomic mass is 10.1. The van der Waals surface area contributed by atoms with E-state index in [1.807, 2.05) is 0 Å². The van der Waals surface area contributed by atoms with Gasteiger partial charge in [0.05, 0.1) is 35.6 Å². The van der Waals surface area contributed by atoms with Gasteiger partial charge in [-0.2, -0.15) is 26.3 Å². The number of rotatable bonds is 5. The molecule has 0 bridgehead atoms. The molecule has 0 atom stereocenters. The lowest BCUT2D eigenvalue weighted by Crippen LogP contribution is -2.34. The van der Waals surface area contributed by atoms with Crippen molar-refractivity contribution in [1.82, 2.24) is 14.9 Å².